The molecule has 0 heterocycles. The van der Waals surface area contributed by atoms with Crippen LogP contribution in [0.5, 0.6) is 0 Å². The first-order chi connectivity index (χ1) is 10.8. The predicted molar refractivity (Wildman–Crippen MR) is 93.5 cm³/mol. The van der Waals surface area contributed by atoms with E-state index in [1.165, 1.54) is 10.6 Å². The van der Waals surface area contributed by atoms with Gasteiger partial charge in [-0.1, -0.05) is 38.1 Å². The summed E-state index contributed by atoms with van der Waals surface area (Å²) in [5.41, 5.74) is 2.03. The Labute approximate surface area is 140 Å². The maximum absolute atomic E-state index is 12.0. The lowest BCUT2D eigenvalue weighted by Crippen LogP contribution is -2.39. The SMILES string of the molecule is CCC(CC)C(=O)NCCN(Cc1ccccc1C)S(C)(=O)=O. The molecule has 1 N–H and O–H groups in total. The van der Waals surface area contributed by atoms with E-state index in [0.717, 1.165) is 24.0 Å². The average Bonchev–Trinajstić information content (AvgIpc) is 2.48. The van der Waals surface area contributed by atoms with E-state index in [2.05, 4.69) is 5.32 Å². The number of hydrogen-bond donors (Lipinski definition) is 1. The number of rotatable bonds is 9. The summed E-state index contributed by atoms with van der Waals surface area (Å²) in [6.07, 6.45) is 2.79. The lowest BCUT2D eigenvalue weighted by Gasteiger charge is -2.22. The van der Waals surface area contributed by atoms with Crippen molar-refractivity contribution in [2.45, 2.75) is 40.2 Å². The minimum atomic E-state index is -3.33. The monoisotopic (exact) mass is 340 g/mol. The number of aryl methyl sites for hydroxylation is 1. The molecule has 0 aliphatic heterocycles. The van der Waals surface area contributed by atoms with Crippen LogP contribution in [-0.4, -0.2) is 38.0 Å². The highest BCUT2D eigenvalue weighted by molar-refractivity contribution is 7.88. The third-order valence-corrected chi connectivity index (χ3v) is 5.34. The van der Waals surface area contributed by atoms with Gasteiger partial charge >= 0.3 is 0 Å². The smallest absolute Gasteiger partial charge is 0.223 e. The number of hydrogen-bond acceptors (Lipinski definition) is 3. The number of amides is 1. The van der Waals surface area contributed by atoms with Crippen molar-refractivity contribution in [3.05, 3.63) is 35.4 Å². The topological polar surface area (TPSA) is 66.5 Å². The highest BCUT2D eigenvalue weighted by Gasteiger charge is 2.19. The number of benzene rings is 1. The van der Waals surface area contributed by atoms with Gasteiger partial charge in [-0.2, -0.15) is 4.31 Å². The molecular formula is C17H28N2O3S. The van der Waals surface area contributed by atoms with E-state index in [4.69, 9.17) is 0 Å². The van der Waals surface area contributed by atoms with Gasteiger partial charge in [-0.25, -0.2) is 8.42 Å². The van der Waals surface area contributed by atoms with Crippen molar-refractivity contribution >= 4 is 15.9 Å². The maximum Gasteiger partial charge on any atom is 0.223 e. The Morgan fingerprint density at radius 1 is 1.22 bits per heavy atom. The molecule has 1 aromatic carbocycles. The standard InChI is InChI=1S/C17H28N2O3S/c1-5-15(6-2)17(20)18-11-12-19(23(4,21)22)13-16-10-8-7-9-14(16)3/h7-10,15H,5-6,11-13H2,1-4H3,(H,18,20). The number of nitrogens with one attached hydrogen (secondary N) is 1. The Bertz CT molecular complexity index is 610. The second-order valence-electron chi connectivity index (χ2n) is 5.83. The van der Waals surface area contributed by atoms with Crippen molar-refractivity contribution < 1.29 is 13.2 Å². The van der Waals surface area contributed by atoms with E-state index in [0.29, 0.717) is 13.1 Å². The summed E-state index contributed by atoms with van der Waals surface area (Å²) in [5.74, 6) is -0.00241. The van der Waals surface area contributed by atoms with E-state index < -0.39 is 10.0 Å². The van der Waals surface area contributed by atoms with Gasteiger partial charge in [0.05, 0.1) is 6.26 Å². The molecule has 0 aliphatic rings. The molecule has 130 valence electrons. The zero-order valence-corrected chi connectivity index (χ0v) is 15.3. The molecule has 0 aromatic heterocycles. The molecule has 0 fully saturated rings. The number of sulfonamides is 1. The first-order valence-corrected chi connectivity index (χ1v) is 9.91. The molecule has 5 nitrogen and oxygen atoms in total. The Morgan fingerprint density at radius 3 is 2.35 bits per heavy atom. The maximum atomic E-state index is 12.0. The summed E-state index contributed by atoms with van der Waals surface area (Å²) in [4.78, 5) is 12.0. The minimum Gasteiger partial charge on any atom is -0.355 e. The van der Waals surface area contributed by atoms with E-state index in [-0.39, 0.29) is 18.4 Å². The number of carbonyl (C=O) groups excluding carboxylic acids is 1. The zero-order valence-electron chi connectivity index (χ0n) is 14.5. The van der Waals surface area contributed by atoms with Crippen LogP contribution in [0.4, 0.5) is 0 Å². The molecule has 0 saturated carbocycles. The van der Waals surface area contributed by atoms with Gasteiger partial charge in [0.2, 0.25) is 15.9 Å². The zero-order chi connectivity index (χ0) is 17.5. The first-order valence-electron chi connectivity index (χ1n) is 8.06. The third kappa shape index (κ3) is 6.31. The summed E-state index contributed by atoms with van der Waals surface area (Å²) in [5, 5.41) is 2.84. The molecule has 0 aliphatic carbocycles. The van der Waals surface area contributed by atoms with Crippen LogP contribution in [0.1, 0.15) is 37.8 Å². The molecule has 0 bridgehead atoms. The Kier molecular flexibility index (Phi) is 7.72. The largest absolute Gasteiger partial charge is 0.355 e. The summed E-state index contributed by atoms with van der Waals surface area (Å²) in [7, 11) is -3.33. The Balaban J connectivity index is 2.67. The van der Waals surface area contributed by atoms with Gasteiger partial charge in [-0.05, 0) is 30.9 Å². The molecule has 23 heavy (non-hydrogen) atoms. The molecular weight excluding hydrogens is 312 g/mol. The fraction of sp³-hybridized carbons (Fsp3) is 0.588. The fourth-order valence-corrected chi connectivity index (χ4v) is 3.24. The van der Waals surface area contributed by atoms with Crippen molar-refractivity contribution in [2.24, 2.45) is 5.92 Å². The molecule has 1 amide bonds. The summed E-state index contributed by atoms with van der Waals surface area (Å²) >= 11 is 0. The number of nitrogens with zero attached hydrogens (tertiary/aromatic N) is 1. The van der Waals surface area contributed by atoms with Gasteiger partial charge in [-0.15, -0.1) is 0 Å². The first kappa shape index (κ1) is 19.6. The second-order valence-corrected chi connectivity index (χ2v) is 7.81. The minimum absolute atomic E-state index is 0.000609. The molecule has 0 unspecified atom stereocenters. The van der Waals surface area contributed by atoms with Crippen LogP contribution >= 0.6 is 0 Å². The summed E-state index contributed by atoms with van der Waals surface area (Å²) in [6.45, 7) is 6.85. The fourth-order valence-electron chi connectivity index (χ4n) is 2.45. The average molecular weight is 340 g/mol. The van der Waals surface area contributed by atoms with E-state index >= 15 is 0 Å². The van der Waals surface area contributed by atoms with Gasteiger partial charge in [0.15, 0.2) is 0 Å². The highest BCUT2D eigenvalue weighted by atomic mass is 32.2. The normalized spacial score (nSPS) is 11.9. The molecule has 0 saturated heterocycles. The molecule has 6 heteroatoms. The Morgan fingerprint density at radius 2 is 1.83 bits per heavy atom. The quantitative estimate of drug-likeness (QED) is 0.750. The van der Waals surface area contributed by atoms with Gasteiger partial charge in [0, 0.05) is 25.6 Å². The van der Waals surface area contributed by atoms with Crippen molar-refractivity contribution in [3.8, 4) is 0 Å². The van der Waals surface area contributed by atoms with Crippen LogP contribution in [0.3, 0.4) is 0 Å². The van der Waals surface area contributed by atoms with Crippen LogP contribution < -0.4 is 5.32 Å². The van der Waals surface area contributed by atoms with Gasteiger partial charge < -0.3 is 5.32 Å². The van der Waals surface area contributed by atoms with Crippen LogP contribution in [-0.2, 0) is 21.4 Å². The lowest BCUT2D eigenvalue weighted by molar-refractivity contribution is -0.125. The van der Waals surface area contributed by atoms with E-state index in [9.17, 15) is 13.2 Å². The van der Waals surface area contributed by atoms with Gasteiger partial charge in [-0.3, -0.25) is 4.79 Å². The van der Waals surface area contributed by atoms with Gasteiger partial charge in [0.1, 0.15) is 0 Å². The molecule has 0 spiro atoms. The van der Waals surface area contributed by atoms with Crippen LogP contribution in [0, 0.1) is 12.8 Å². The van der Waals surface area contributed by atoms with Crippen molar-refractivity contribution in [1.82, 2.24) is 9.62 Å². The van der Waals surface area contributed by atoms with Crippen molar-refractivity contribution in [1.29, 1.82) is 0 Å². The van der Waals surface area contributed by atoms with Crippen LogP contribution in [0.25, 0.3) is 0 Å². The molecule has 0 atom stereocenters. The molecule has 0 radical (unpaired) electrons. The van der Waals surface area contributed by atoms with Crippen LogP contribution in [0.2, 0.25) is 0 Å². The third-order valence-electron chi connectivity index (χ3n) is 4.09. The lowest BCUT2D eigenvalue weighted by atomic mass is 10.0. The Hall–Kier alpha value is -1.40. The number of carbonyl (C=O) groups is 1. The van der Waals surface area contributed by atoms with Crippen molar-refractivity contribution in [2.75, 3.05) is 19.3 Å². The predicted octanol–water partition coefficient (Wildman–Crippen LogP) is 2.31. The van der Waals surface area contributed by atoms with E-state index in [1.54, 1.807) is 0 Å². The van der Waals surface area contributed by atoms with Crippen molar-refractivity contribution in [3.63, 3.8) is 0 Å². The van der Waals surface area contributed by atoms with Gasteiger partial charge in [0.25, 0.3) is 0 Å². The molecule has 1 aromatic rings. The summed E-state index contributed by atoms with van der Waals surface area (Å²) < 4.78 is 25.4. The highest BCUT2D eigenvalue weighted by Crippen LogP contribution is 2.12. The van der Waals surface area contributed by atoms with E-state index in [1.807, 2.05) is 45.0 Å². The summed E-state index contributed by atoms with van der Waals surface area (Å²) in [6, 6.07) is 7.72. The molecule has 1 rings (SSSR count). The van der Waals surface area contributed by atoms with Crippen LogP contribution in [0.15, 0.2) is 24.3 Å². The second kappa shape index (κ2) is 9.03.